The van der Waals surface area contributed by atoms with Crippen LogP contribution in [0.3, 0.4) is 0 Å². The Morgan fingerprint density at radius 3 is 2.43 bits per heavy atom. The zero-order valence-corrected chi connectivity index (χ0v) is 19.5. The number of halogens is 1. The second-order valence-corrected chi connectivity index (χ2v) is 10.3. The Bertz CT molecular complexity index is 1430. The maximum atomic E-state index is 14.4. The van der Waals surface area contributed by atoms with E-state index in [1.165, 1.54) is 5.56 Å². The molecule has 5 rings (SSSR count). The standard InChI is InChI=1S/C26H22FNO6S/c27-23-8-7-20(15-25(23)35(31,32)28-9-11-33-12-10-28)26(30)34-16-24(29)19-6-5-18-13-17-3-1-2-4-21(17)22(18)14-19/h1-8,14-15H,9-13,16H2. The van der Waals surface area contributed by atoms with Crippen LogP contribution in [0.2, 0.25) is 0 Å². The van der Waals surface area contributed by atoms with E-state index in [9.17, 15) is 22.4 Å². The summed E-state index contributed by atoms with van der Waals surface area (Å²) >= 11 is 0. The average Bonchev–Trinajstić information content (AvgIpc) is 3.25. The minimum Gasteiger partial charge on any atom is -0.454 e. The number of benzene rings is 3. The predicted octanol–water partition coefficient (Wildman–Crippen LogP) is 3.46. The summed E-state index contributed by atoms with van der Waals surface area (Å²) in [5, 5.41) is 0. The molecule has 9 heteroatoms. The molecule has 0 spiro atoms. The van der Waals surface area contributed by atoms with Crippen LogP contribution in [-0.4, -0.2) is 57.4 Å². The quantitative estimate of drug-likeness (QED) is 0.301. The van der Waals surface area contributed by atoms with Gasteiger partial charge in [-0.1, -0.05) is 36.4 Å². The Balaban J connectivity index is 1.30. The van der Waals surface area contributed by atoms with Gasteiger partial charge in [0.1, 0.15) is 10.7 Å². The van der Waals surface area contributed by atoms with Crippen molar-refractivity contribution in [1.82, 2.24) is 4.31 Å². The Morgan fingerprint density at radius 1 is 0.914 bits per heavy atom. The normalized spacial score (nSPS) is 15.3. The zero-order chi connectivity index (χ0) is 24.6. The molecule has 0 N–H and O–H groups in total. The zero-order valence-electron chi connectivity index (χ0n) is 18.7. The molecular weight excluding hydrogens is 473 g/mol. The summed E-state index contributed by atoms with van der Waals surface area (Å²) in [5.74, 6) is -2.28. The number of ether oxygens (including phenoxy) is 2. The smallest absolute Gasteiger partial charge is 0.338 e. The van der Waals surface area contributed by atoms with Gasteiger partial charge in [0.2, 0.25) is 10.0 Å². The van der Waals surface area contributed by atoms with E-state index in [1.807, 2.05) is 24.3 Å². The largest absolute Gasteiger partial charge is 0.454 e. The van der Waals surface area contributed by atoms with E-state index in [1.54, 1.807) is 12.1 Å². The fraction of sp³-hybridized carbons (Fsp3) is 0.231. The van der Waals surface area contributed by atoms with Crippen LogP contribution >= 0.6 is 0 Å². The van der Waals surface area contributed by atoms with E-state index in [0.29, 0.717) is 5.56 Å². The first kappa shape index (κ1) is 23.3. The highest BCUT2D eigenvalue weighted by Gasteiger charge is 2.30. The number of nitrogens with zero attached hydrogens (tertiary/aromatic N) is 1. The lowest BCUT2D eigenvalue weighted by Crippen LogP contribution is -2.41. The maximum Gasteiger partial charge on any atom is 0.338 e. The summed E-state index contributed by atoms with van der Waals surface area (Å²) in [7, 11) is -4.15. The highest BCUT2D eigenvalue weighted by Crippen LogP contribution is 2.36. The third-order valence-electron chi connectivity index (χ3n) is 6.21. The average molecular weight is 496 g/mol. The molecule has 3 aromatic rings. The molecule has 1 aliphatic heterocycles. The van der Waals surface area contributed by atoms with E-state index in [2.05, 4.69) is 6.07 Å². The molecule has 3 aromatic carbocycles. The van der Waals surface area contributed by atoms with Crippen molar-refractivity contribution in [3.05, 3.63) is 88.7 Å². The fourth-order valence-corrected chi connectivity index (χ4v) is 5.85. The van der Waals surface area contributed by atoms with Gasteiger partial charge in [-0.05, 0) is 52.9 Å². The number of rotatable bonds is 6. The topological polar surface area (TPSA) is 90.0 Å². The number of carbonyl (C=O) groups is 2. The molecule has 0 saturated carbocycles. The number of fused-ring (bicyclic) bond motifs is 3. The van der Waals surface area contributed by atoms with Gasteiger partial charge in [-0.15, -0.1) is 0 Å². The lowest BCUT2D eigenvalue weighted by molar-refractivity contribution is 0.0474. The number of ketones is 1. The van der Waals surface area contributed by atoms with Crippen molar-refractivity contribution in [2.75, 3.05) is 32.9 Å². The Labute approximate surface area is 202 Å². The van der Waals surface area contributed by atoms with E-state index < -0.39 is 39.1 Å². The van der Waals surface area contributed by atoms with Crippen LogP contribution < -0.4 is 0 Å². The second kappa shape index (κ2) is 9.33. The van der Waals surface area contributed by atoms with Crippen molar-refractivity contribution in [2.24, 2.45) is 0 Å². The Morgan fingerprint density at radius 2 is 1.63 bits per heavy atom. The van der Waals surface area contributed by atoms with Crippen LogP contribution in [0.25, 0.3) is 11.1 Å². The number of hydrogen-bond donors (Lipinski definition) is 0. The number of Topliss-reactive ketones (excluding diaryl/α,β-unsaturated/α-hetero) is 1. The van der Waals surface area contributed by atoms with Crippen LogP contribution in [0.1, 0.15) is 31.8 Å². The highest BCUT2D eigenvalue weighted by atomic mass is 32.2. The third-order valence-corrected chi connectivity index (χ3v) is 8.12. The minimum atomic E-state index is -4.15. The summed E-state index contributed by atoms with van der Waals surface area (Å²) in [5.41, 5.74) is 4.62. The number of carbonyl (C=O) groups excluding carboxylic acids is 2. The molecule has 1 fully saturated rings. The summed E-state index contributed by atoms with van der Waals surface area (Å²) in [6.45, 7) is 0.0759. The minimum absolute atomic E-state index is 0.0935. The lowest BCUT2D eigenvalue weighted by Gasteiger charge is -2.26. The van der Waals surface area contributed by atoms with Gasteiger partial charge >= 0.3 is 5.97 Å². The van der Waals surface area contributed by atoms with Crippen LogP contribution in [0.5, 0.6) is 0 Å². The molecule has 1 aliphatic carbocycles. The summed E-state index contributed by atoms with van der Waals surface area (Å²) in [4.78, 5) is 24.7. The summed E-state index contributed by atoms with van der Waals surface area (Å²) < 4.78 is 51.5. The Hall–Kier alpha value is -3.40. The fourth-order valence-electron chi connectivity index (χ4n) is 4.35. The first-order chi connectivity index (χ1) is 16.8. The molecular formula is C26H22FNO6S. The lowest BCUT2D eigenvalue weighted by atomic mass is 10.0. The molecule has 0 atom stereocenters. The Kier molecular flexibility index (Phi) is 6.22. The van der Waals surface area contributed by atoms with E-state index in [0.717, 1.165) is 45.6 Å². The van der Waals surface area contributed by atoms with Gasteiger partial charge in [-0.25, -0.2) is 17.6 Å². The van der Waals surface area contributed by atoms with Gasteiger partial charge in [0.25, 0.3) is 0 Å². The van der Waals surface area contributed by atoms with Crippen molar-refractivity contribution in [3.63, 3.8) is 0 Å². The van der Waals surface area contributed by atoms with Crippen molar-refractivity contribution in [1.29, 1.82) is 0 Å². The van der Waals surface area contributed by atoms with E-state index in [4.69, 9.17) is 9.47 Å². The molecule has 7 nitrogen and oxygen atoms in total. The molecule has 180 valence electrons. The van der Waals surface area contributed by atoms with Gasteiger partial charge in [0.15, 0.2) is 12.4 Å². The van der Waals surface area contributed by atoms with Crippen LogP contribution in [-0.2, 0) is 25.9 Å². The molecule has 1 heterocycles. The van der Waals surface area contributed by atoms with Crippen molar-refractivity contribution < 1.29 is 31.9 Å². The van der Waals surface area contributed by atoms with E-state index in [-0.39, 0.29) is 31.9 Å². The van der Waals surface area contributed by atoms with E-state index >= 15 is 0 Å². The third kappa shape index (κ3) is 4.50. The molecule has 2 aliphatic rings. The SMILES string of the molecule is O=C(COC(=O)c1ccc(F)c(S(=O)(=O)N2CCOCC2)c1)c1ccc2c(c1)-c1ccccc1C2. The summed E-state index contributed by atoms with van der Waals surface area (Å²) in [6, 6.07) is 16.3. The van der Waals surface area contributed by atoms with Gasteiger partial charge in [0, 0.05) is 18.7 Å². The molecule has 0 bridgehead atoms. The van der Waals surface area contributed by atoms with Crippen LogP contribution in [0.4, 0.5) is 4.39 Å². The molecule has 0 aromatic heterocycles. The predicted molar refractivity (Wildman–Crippen MR) is 125 cm³/mol. The van der Waals surface area contributed by atoms with Crippen LogP contribution in [0, 0.1) is 5.82 Å². The van der Waals surface area contributed by atoms with Gasteiger partial charge in [-0.3, -0.25) is 4.79 Å². The monoisotopic (exact) mass is 495 g/mol. The number of morpholine rings is 1. The number of hydrogen-bond acceptors (Lipinski definition) is 6. The highest BCUT2D eigenvalue weighted by molar-refractivity contribution is 7.89. The summed E-state index contributed by atoms with van der Waals surface area (Å²) in [6.07, 6.45) is 0.801. The molecule has 1 saturated heterocycles. The van der Waals surface area contributed by atoms with Crippen LogP contribution in [0.15, 0.2) is 65.6 Å². The number of sulfonamides is 1. The van der Waals surface area contributed by atoms with Crippen molar-refractivity contribution in [3.8, 4) is 11.1 Å². The van der Waals surface area contributed by atoms with Crippen molar-refractivity contribution >= 4 is 21.8 Å². The maximum absolute atomic E-state index is 14.4. The molecule has 35 heavy (non-hydrogen) atoms. The molecule has 0 amide bonds. The molecule has 0 radical (unpaired) electrons. The molecule has 0 unspecified atom stereocenters. The second-order valence-electron chi connectivity index (χ2n) is 8.37. The number of esters is 1. The van der Waals surface area contributed by atoms with Gasteiger partial charge in [-0.2, -0.15) is 4.31 Å². The van der Waals surface area contributed by atoms with Gasteiger partial charge in [0.05, 0.1) is 18.8 Å². The van der Waals surface area contributed by atoms with Crippen molar-refractivity contribution in [2.45, 2.75) is 11.3 Å². The van der Waals surface area contributed by atoms with Gasteiger partial charge < -0.3 is 9.47 Å². The first-order valence-corrected chi connectivity index (χ1v) is 12.6. The first-order valence-electron chi connectivity index (χ1n) is 11.1.